The van der Waals surface area contributed by atoms with Crippen LogP contribution >= 0.6 is 0 Å². The summed E-state index contributed by atoms with van der Waals surface area (Å²) >= 11 is 0. The van der Waals surface area contributed by atoms with Crippen molar-refractivity contribution < 1.29 is 23.9 Å². The number of carbonyl (C=O) groups excluding carboxylic acids is 3. The summed E-state index contributed by atoms with van der Waals surface area (Å²) in [4.78, 5) is 37.0. The summed E-state index contributed by atoms with van der Waals surface area (Å²) in [5, 5.41) is 2.47. The normalized spacial score (nSPS) is 17.3. The Labute approximate surface area is 147 Å². The van der Waals surface area contributed by atoms with Gasteiger partial charge in [-0.15, -0.1) is 0 Å². The molecule has 0 bridgehead atoms. The van der Waals surface area contributed by atoms with Crippen LogP contribution in [0.15, 0.2) is 30.3 Å². The third-order valence-corrected chi connectivity index (χ3v) is 3.62. The molecule has 1 aliphatic heterocycles. The highest BCUT2D eigenvalue weighted by atomic mass is 16.6. The van der Waals surface area contributed by atoms with Crippen molar-refractivity contribution in [3.05, 3.63) is 35.9 Å². The lowest BCUT2D eigenvalue weighted by atomic mass is 10.1. The summed E-state index contributed by atoms with van der Waals surface area (Å²) in [5.41, 5.74) is 0.562. The number of amides is 3. The molecule has 0 aliphatic carbocycles. The maximum absolute atomic E-state index is 12.3. The molecule has 1 aliphatic rings. The lowest BCUT2D eigenvalue weighted by Gasteiger charge is -2.21. The van der Waals surface area contributed by atoms with Crippen LogP contribution < -0.4 is 5.32 Å². The van der Waals surface area contributed by atoms with E-state index in [0.717, 1.165) is 10.5 Å². The summed E-state index contributed by atoms with van der Waals surface area (Å²) in [6.07, 6.45) is -0.162. The maximum atomic E-state index is 12.3. The lowest BCUT2D eigenvalue weighted by molar-refractivity contribution is -0.135. The Hall–Kier alpha value is -2.41. The van der Waals surface area contributed by atoms with E-state index in [9.17, 15) is 14.4 Å². The van der Waals surface area contributed by atoms with Gasteiger partial charge in [-0.25, -0.2) is 9.69 Å². The number of nitrogens with zero attached hydrogens (tertiary/aromatic N) is 1. The van der Waals surface area contributed by atoms with E-state index in [1.165, 1.54) is 0 Å². The average molecular weight is 348 g/mol. The van der Waals surface area contributed by atoms with E-state index in [4.69, 9.17) is 9.47 Å². The van der Waals surface area contributed by atoms with Crippen LogP contribution in [0.5, 0.6) is 0 Å². The largest absolute Gasteiger partial charge is 0.447 e. The number of carbonyl (C=O) groups is 3. The van der Waals surface area contributed by atoms with Crippen molar-refractivity contribution in [2.75, 3.05) is 19.8 Å². The monoisotopic (exact) mass is 348 g/mol. The van der Waals surface area contributed by atoms with E-state index in [1.807, 2.05) is 51.1 Å². The van der Waals surface area contributed by atoms with Gasteiger partial charge in [0.05, 0.1) is 18.2 Å². The zero-order chi connectivity index (χ0) is 18.4. The van der Waals surface area contributed by atoms with Gasteiger partial charge in [-0.05, 0) is 32.8 Å². The fraction of sp³-hybridized carbons (Fsp3) is 0.500. The van der Waals surface area contributed by atoms with Gasteiger partial charge < -0.3 is 14.8 Å². The first-order valence-electron chi connectivity index (χ1n) is 8.19. The zero-order valence-corrected chi connectivity index (χ0v) is 14.8. The van der Waals surface area contributed by atoms with Crippen LogP contribution in [-0.4, -0.2) is 54.2 Å². The van der Waals surface area contributed by atoms with Crippen molar-refractivity contribution in [1.29, 1.82) is 0 Å². The molecule has 1 atom stereocenters. The van der Waals surface area contributed by atoms with E-state index in [0.29, 0.717) is 6.42 Å². The zero-order valence-electron chi connectivity index (χ0n) is 14.8. The van der Waals surface area contributed by atoms with Crippen LogP contribution in [0.4, 0.5) is 4.79 Å². The molecule has 0 radical (unpaired) electrons. The van der Waals surface area contributed by atoms with Gasteiger partial charge >= 0.3 is 6.09 Å². The molecule has 7 heteroatoms. The first kappa shape index (κ1) is 18.9. The van der Waals surface area contributed by atoms with Gasteiger partial charge in [-0.1, -0.05) is 30.3 Å². The molecule has 0 aromatic heterocycles. The van der Waals surface area contributed by atoms with Crippen LogP contribution in [0.2, 0.25) is 0 Å². The molecule has 25 heavy (non-hydrogen) atoms. The van der Waals surface area contributed by atoms with E-state index < -0.39 is 23.5 Å². The van der Waals surface area contributed by atoms with Crippen molar-refractivity contribution in [3.8, 4) is 0 Å². The quantitative estimate of drug-likeness (QED) is 0.842. The van der Waals surface area contributed by atoms with E-state index in [2.05, 4.69) is 5.32 Å². The Balaban J connectivity index is 1.87. The molecule has 0 spiro atoms. The van der Waals surface area contributed by atoms with Gasteiger partial charge in [0.25, 0.3) is 5.91 Å². The van der Waals surface area contributed by atoms with Crippen molar-refractivity contribution >= 4 is 17.9 Å². The van der Waals surface area contributed by atoms with Crippen molar-refractivity contribution in [2.24, 2.45) is 0 Å². The second-order valence-corrected chi connectivity index (χ2v) is 6.86. The number of benzene rings is 1. The fourth-order valence-electron chi connectivity index (χ4n) is 2.39. The predicted molar refractivity (Wildman–Crippen MR) is 90.8 cm³/mol. The smallest absolute Gasteiger partial charge is 0.417 e. The molecule has 1 aromatic carbocycles. The third kappa shape index (κ3) is 5.86. The van der Waals surface area contributed by atoms with Crippen LogP contribution in [0, 0.1) is 0 Å². The van der Waals surface area contributed by atoms with E-state index in [1.54, 1.807) is 0 Å². The van der Waals surface area contributed by atoms with Crippen LogP contribution in [0.3, 0.4) is 0 Å². The maximum Gasteiger partial charge on any atom is 0.417 e. The number of nitrogens with one attached hydrogen (secondary N) is 1. The average Bonchev–Trinajstić information content (AvgIpc) is 2.91. The van der Waals surface area contributed by atoms with Gasteiger partial charge in [-0.3, -0.25) is 9.59 Å². The predicted octanol–water partition coefficient (Wildman–Crippen LogP) is 1.51. The van der Waals surface area contributed by atoms with E-state index in [-0.39, 0.29) is 25.8 Å². The van der Waals surface area contributed by atoms with Gasteiger partial charge in [0.1, 0.15) is 13.2 Å². The molecule has 3 amide bonds. The molecule has 7 nitrogen and oxygen atoms in total. The number of cyclic esters (lactones) is 1. The molecular formula is C18H24N2O5. The number of ether oxygens (including phenoxy) is 2. The number of hydrogen-bond acceptors (Lipinski definition) is 5. The van der Waals surface area contributed by atoms with E-state index >= 15 is 0 Å². The molecule has 1 unspecified atom stereocenters. The fourth-order valence-corrected chi connectivity index (χ4v) is 2.39. The first-order valence-corrected chi connectivity index (χ1v) is 8.19. The van der Waals surface area contributed by atoms with Gasteiger partial charge in [0, 0.05) is 0 Å². The topological polar surface area (TPSA) is 84.9 Å². The number of rotatable bonds is 6. The molecule has 1 fully saturated rings. The number of hydrogen-bond donors (Lipinski definition) is 1. The molecule has 1 heterocycles. The van der Waals surface area contributed by atoms with Crippen molar-refractivity contribution in [3.63, 3.8) is 0 Å². The standard InChI is InChI=1S/C18H24N2O5/c1-18(2,3)25-12-15(21)19-10-16(22)20-14(11-24-17(20)23)9-13-7-5-4-6-8-13/h4-8,14H,9-12H2,1-3H3,(H,19,21). The van der Waals surface area contributed by atoms with Crippen LogP contribution in [-0.2, 0) is 25.5 Å². The van der Waals surface area contributed by atoms with Crippen LogP contribution in [0.1, 0.15) is 26.3 Å². The molecule has 1 N–H and O–H groups in total. The van der Waals surface area contributed by atoms with Crippen LogP contribution in [0.25, 0.3) is 0 Å². The third-order valence-electron chi connectivity index (χ3n) is 3.62. The Morgan fingerprint density at radius 1 is 1.28 bits per heavy atom. The molecule has 1 saturated heterocycles. The lowest BCUT2D eigenvalue weighted by Crippen LogP contribution is -2.46. The highest BCUT2D eigenvalue weighted by Crippen LogP contribution is 2.17. The Morgan fingerprint density at radius 3 is 2.60 bits per heavy atom. The SMILES string of the molecule is CC(C)(C)OCC(=O)NCC(=O)N1C(=O)OCC1Cc1ccccc1. The van der Waals surface area contributed by atoms with Crippen molar-refractivity contribution in [2.45, 2.75) is 38.8 Å². The minimum Gasteiger partial charge on any atom is -0.447 e. The Morgan fingerprint density at radius 2 is 1.96 bits per heavy atom. The Kier molecular flexibility index (Phi) is 6.14. The van der Waals surface area contributed by atoms with Gasteiger partial charge in [-0.2, -0.15) is 0 Å². The molecule has 1 aromatic rings. The molecule has 136 valence electrons. The summed E-state index contributed by atoms with van der Waals surface area (Å²) in [6.45, 7) is 5.24. The Bertz CT molecular complexity index is 624. The van der Waals surface area contributed by atoms with Crippen molar-refractivity contribution in [1.82, 2.24) is 10.2 Å². The number of imide groups is 1. The molecule has 0 saturated carbocycles. The highest BCUT2D eigenvalue weighted by molar-refractivity contribution is 5.96. The van der Waals surface area contributed by atoms with Gasteiger partial charge in [0.15, 0.2) is 0 Å². The minimum absolute atomic E-state index is 0.144. The summed E-state index contributed by atoms with van der Waals surface area (Å²) < 4.78 is 10.3. The minimum atomic E-state index is -0.675. The summed E-state index contributed by atoms with van der Waals surface area (Å²) in [5.74, 6) is -0.900. The highest BCUT2D eigenvalue weighted by Gasteiger charge is 2.37. The second-order valence-electron chi connectivity index (χ2n) is 6.86. The second kappa shape index (κ2) is 8.11. The first-order chi connectivity index (χ1) is 11.8. The molecule has 2 rings (SSSR count). The molecular weight excluding hydrogens is 324 g/mol. The summed E-state index contributed by atoms with van der Waals surface area (Å²) in [7, 11) is 0. The summed E-state index contributed by atoms with van der Waals surface area (Å²) in [6, 6.07) is 9.18. The van der Waals surface area contributed by atoms with Gasteiger partial charge in [0.2, 0.25) is 5.91 Å².